The van der Waals surface area contributed by atoms with Crippen LogP contribution in [0.3, 0.4) is 0 Å². The number of benzene rings is 1. The van der Waals surface area contributed by atoms with Crippen molar-refractivity contribution >= 4 is 23.4 Å². The Labute approximate surface area is 145 Å². The Morgan fingerprint density at radius 1 is 1.41 bits per heavy atom. The van der Waals surface area contributed by atoms with Crippen LogP contribution in [0.15, 0.2) is 30.5 Å². The molecule has 1 aromatic carbocycles. The van der Waals surface area contributed by atoms with Crippen LogP contribution in [0.25, 0.3) is 5.69 Å². The van der Waals surface area contributed by atoms with Crippen molar-refractivity contribution in [1.82, 2.24) is 9.78 Å². The minimum atomic E-state index is -1.36. The fraction of sp³-hybridized carbons (Fsp3) is 0. The number of nitrogens with two attached hydrogens (primary N) is 1. The summed E-state index contributed by atoms with van der Waals surface area (Å²) in [6, 6.07) is 6.85. The number of hydrogen-bond acceptors (Lipinski definition) is 4. The first-order valence-corrected chi connectivity index (χ1v) is 4.79. The zero-order chi connectivity index (χ0) is 11.7. The summed E-state index contributed by atoms with van der Waals surface area (Å²) in [5, 5.41) is 15.0. The van der Waals surface area contributed by atoms with Crippen LogP contribution in [0.1, 0.15) is 10.4 Å². The topological polar surface area (TPSA) is 84.0 Å². The minimum absolute atomic E-state index is 0. The molecule has 82 valence electrons. The predicted octanol–water partition coefficient (Wildman–Crippen LogP) is -2.52. The molecule has 0 spiro atoms. The van der Waals surface area contributed by atoms with E-state index in [4.69, 9.17) is 17.3 Å². The first-order chi connectivity index (χ1) is 7.61. The van der Waals surface area contributed by atoms with Crippen LogP contribution in [0.5, 0.6) is 0 Å². The van der Waals surface area contributed by atoms with Crippen LogP contribution >= 0.6 is 11.6 Å². The van der Waals surface area contributed by atoms with Gasteiger partial charge in [0.15, 0.2) is 0 Å². The van der Waals surface area contributed by atoms with Gasteiger partial charge in [0.05, 0.1) is 28.4 Å². The van der Waals surface area contributed by atoms with Crippen molar-refractivity contribution in [1.29, 1.82) is 0 Å². The maximum absolute atomic E-state index is 10.7. The second kappa shape index (κ2) is 5.99. The zero-order valence-electron chi connectivity index (χ0n) is 9.05. The smallest absolute Gasteiger partial charge is 0.545 e. The van der Waals surface area contributed by atoms with E-state index in [9.17, 15) is 9.90 Å². The molecule has 0 fully saturated rings. The summed E-state index contributed by atoms with van der Waals surface area (Å²) in [5.74, 6) is -1.37. The SMILES string of the molecule is Nc1c(C(=O)[O-])cnn1-c1ccccc1Cl.[K+]. The van der Waals surface area contributed by atoms with E-state index in [1.807, 2.05) is 0 Å². The molecular weight excluding hydrogens is 269 g/mol. The second-order valence-electron chi connectivity index (χ2n) is 3.09. The largest absolute Gasteiger partial charge is 1.00 e. The van der Waals surface area contributed by atoms with E-state index in [1.165, 1.54) is 4.68 Å². The number of halogens is 1. The van der Waals surface area contributed by atoms with Gasteiger partial charge in [-0.1, -0.05) is 23.7 Å². The number of hydrogen-bond donors (Lipinski definition) is 1. The van der Waals surface area contributed by atoms with Crippen molar-refractivity contribution in [2.45, 2.75) is 0 Å². The molecule has 0 saturated heterocycles. The molecule has 1 aromatic heterocycles. The molecule has 5 nitrogen and oxygen atoms in total. The normalized spacial score (nSPS) is 9.71. The number of nitrogen functional groups attached to an aromatic ring is 1. The number of para-hydroxylation sites is 1. The number of carbonyl (C=O) groups excluding carboxylic acids is 1. The van der Waals surface area contributed by atoms with E-state index >= 15 is 0 Å². The summed E-state index contributed by atoms with van der Waals surface area (Å²) in [5.41, 5.74) is 6.00. The summed E-state index contributed by atoms with van der Waals surface area (Å²) >= 11 is 5.94. The summed E-state index contributed by atoms with van der Waals surface area (Å²) in [4.78, 5) is 10.7. The van der Waals surface area contributed by atoms with Crippen LogP contribution in [0.4, 0.5) is 5.82 Å². The Bertz CT molecular complexity index is 556. The van der Waals surface area contributed by atoms with Gasteiger partial charge < -0.3 is 15.6 Å². The van der Waals surface area contributed by atoms with E-state index in [-0.39, 0.29) is 62.8 Å². The fourth-order valence-electron chi connectivity index (χ4n) is 1.33. The molecule has 0 amide bonds. The van der Waals surface area contributed by atoms with Crippen LogP contribution in [-0.4, -0.2) is 15.7 Å². The van der Waals surface area contributed by atoms with Crippen molar-refractivity contribution < 1.29 is 61.3 Å². The number of carboxylic acid groups (broad SMARTS) is 1. The molecule has 2 aromatic rings. The van der Waals surface area contributed by atoms with Gasteiger partial charge >= 0.3 is 51.4 Å². The quantitative estimate of drug-likeness (QED) is 0.613. The maximum atomic E-state index is 10.7. The van der Waals surface area contributed by atoms with Gasteiger partial charge in [-0.15, -0.1) is 0 Å². The zero-order valence-corrected chi connectivity index (χ0v) is 12.9. The van der Waals surface area contributed by atoms with Gasteiger partial charge in [0.25, 0.3) is 0 Å². The van der Waals surface area contributed by atoms with Gasteiger partial charge in [0.2, 0.25) is 0 Å². The molecule has 0 unspecified atom stereocenters. The second-order valence-corrected chi connectivity index (χ2v) is 3.50. The van der Waals surface area contributed by atoms with Gasteiger partial charge in [-0.3, -0.25) is 0 Å². The standard InChI is InChI=1S/C10H8ClN3O2.K/c11-7-3-1-2-4-8(7)14-9(12)6(5-13-14)10(15)16;/h1-5H,12H2,(H,15,16);/q;+1/p-1. The van der Waals surface area contributed by atoms with Gasteiger partial charge in [0, 0.05) is 0 Å². The summed E-state index contributed by atoms with van der Waals surface area (Å²) in [6.45, 7) is 0. The number of aromatic nitrogens is 2. The maximum Gasteiger partial charge on any atom is 1.00 e. The van der Waals surface area contributed by atoms with Crippen LogP contribution < -0.4 is 62.2 Å². The third-order valence-corrected chi connectivity index (χ3v) is 2.43. The number of nitrogens with zero attached hydrogens (tertiary/aromatic N) is 2. The number of rotatable bonds is 2. The summed E-state index contributed by atoms with van der Waals surface area (Å²) in [7, 11) is 0. The van der Waals surface area contributed by atoms with E-state index in [0.29, 0.717) is 10.7 Å². The molecule has 0 saturated carbocycles. The molecule has 0 aliphatic rings. The monoisotopic (exact) mass is 275 g/mol. The first-order valence-electron chi connectivity index (χ1n) is 4.41. The Kier molecular flexibility index (Phi) is 5.17. The van der Waals surface area contributed by atoms with Gasteiger partial charge in [-0.05, 0) is 12.1 Å². The average molecular weight is 276 g/mol. The molecule has 2 rings (SSSR count). The first kappa shape index (κ1) is 14.7. The molecule has 7 heteroatoms. The van der Waals surface area contributed by atoms with Crippen LogP contribution in [-0.2, 0) is 0 Å². The van der Waals surface area contributed by atoms with E-state index < -0.39 is 5.97 Å². The van der Waals surface area contributed by atoms with E-state index in [2.05, 4.69) is 5.10 Å². The molecule has 0 aliphatic heterocycles. The minimum Gasteiger partial charge on any atom is -0.545 e. The number of carbonyl (C=O) groups is 1. The van der Waals surface area contributed by atoms with Crippen LogP contribution in [0, 0.1) is 0 Å². The predicted molar refractivity (Wildman–Crippen MR) is 57.3 cm³/mol. The van der Waals surface area contributed by atoms with Crippen molar-refractivity contribution in [2.75, 3.05) is 5.73 Å². The third-order valence-electron chi connectivity index (χ3n) is 2.11. The van der Waals surface area contributed by atoms with Gasteiger partial charge in [-0.2, -0.15) is 5.10 Å². The average Bonchev–Trinajstić information content (AvgIpc) is 2.61. The van der Waals surface area contributed by atoms with Gasteiger partial charge in [-0.25, -0.2) is 4.68 Å². The van der Waals surface area contributed by atoms with E-state index in [0.717, 1.165) is 6.20 Å². The molecule has 2 N–H and O–H groups in total. The Hall–Kier alpha value is -0.374. The summed E-state index contributed by atoms with van der Waals surface area (Å²) in [6.07, 6.45) is 1.13. The van der Waals surface area contributed by atoms with E-state index in [1.54, 1.807) is 24.3 Å². The Morgan fingerprint density at radius 3 is 2.59 bits per heavy atom. The number of anilines is 1. The molecule has 0 bridgehead atoms. The van der Waals surface area contributed by atoms with Crippen molar-refractivity contribution in [3.05, 3.63) is 41.0 Å². The van der Waals surface area contributed by atoms with Gasteiger partial charge in [0.1, 0.15) is 5.82 Å². The van der Waals surface area contributed by atoms with Crippen molar-refractivity contribution in [3.8, 4) is 5.69 Å². The molecule has 17 heavy (non-hydrogen) atoms. The molecule has 0 aliphatic carbocycles. The summed E-state index contributed by atoms with van der Waals surface area (Å²) < 4.78 is 1.26. The van der Waals surface area contributed by atoms with Crippen molar-refractivity contribution in [3.63, 3.8) is 0 Å². The Balaban J connectivity index is 0.00000144. The molecular formula is C10H7ClKN3O2. The molecule has 0 atom stereocenters. The van der Waals surface area contributed by atoms with Crippen molar-refractivity contribution in [2.24, 2.45) is 0 Å². The fourth-order valence-corrected chi connectivity index (χ4v) is 1.55. The number of aromatic carboxylic acids is 1. The number of carboxylic acids is 1. The Morgan fingerprint density at radius 2 is 2.06 bits per heavy atom. The van der Waals surface area contributed by atoms with Crippen LogP contribution in [0.2, 0.25) is 5.02 Å². The third kappa shape index (κ3) is 2.90. The molecule has 0 radical (unpaired) electrons. The molecule has 1 heterocycles.